The van der Waals surface area contributed by atoms with Gasteiger partial charge in [-0.25, -0.2) is 0 Å². The lowest BCUT2D eigenvalue weighted by Gasteiger charge is -2.29. The molecule has 3 rings (SSSR count). The fourth-order valence-electron chi connectivity index (χ4n) is 4.43. The Balaban J connectivity index is 1.81. The van der Waals surface area contributed by atoms with E-state index in [9.17, 15) is 4.79 Å². The number of likely N-dealkylation sites (tertiary alicyclic amines) is 1. The molecule has 1 heterocycles. The van der Waals surface area contributed by atoms with Gasteiger partial charge in [0.15, 0.2) is 0 Å². The summed E-state index contributed by atoms with van der Waals surface area (Å²) < 4.78 is 5.46. The molecule has 30 heavy (non-hydrogen) atoms. The summed E-state index contributed by atoms with van der Waals surface area (Å²) in [4.78, 5) is 16.8. The van der Waals surface area contributed by atoms with Crippen molar-refractivity contribution in [2.24, 2.45) is 11.8 Å². The van der Waals surface area contributed by atoms with Gasteiger partial charge in [0.05, 0.1) is 7.11 Å². The standard InChI is InChI=1S/C25H33ClN2O2/c1-18(2)13-28(19(3)29)16-22-15-27(14-20-8-10-23(26)11-9-20)17-25(22)21-6-5-7-24(12-21)30-4/h5-12,18,22,25H,13-17H2,1-4H3/t22-,25-/m1/s1. The smallest absolute Gasteiger partial charge is 0.219 e. The summed E-state index contributed by atoms with van der Waals surface area (Å²) in [5.74, 6) is 2.24. The molecule has 0 aromatic heterocycles. The molecular formula is C25H33ClN2O2. The van der Waals surface area contributed by atoms with E-state index in [1.54, 1.807) is 14.0 Å². The van der Waals surface area contributed by atoms with Crippen LogP contribution in [0.3, 0.4) is 0 Å². The number of ether oxygens (including phenoxy) is 1. The van der Waals surface area contributed by atoms with Crippen LogP contribution in [0, 0.1) is 11.8 Å². The summed E-state index contributed by atoms with van der Waals surface area (Å²) in [6.45, 7) is 10.4. The Bertz CT molecular complexity index is 837. The van der Waals surface area contributed by atoms with Crippen LogP contribution in [0.15, 0.2) is 48.5 Å². The van der Waals surface area contributed by atoms with Crippen molar-refractivity contribution in [2.75, 3.05) is 33.3 Å². The topological polar surface area (TPSA) is 32.8 Å². The predicted molar refractivity (Wildman–Crippen MR) is 123 cm³/mol. The quantitative estimate of drug-likeness (QED) is 0.588. The summed E-state index contributed by atoms with van der Waals surface area (Å²) >= 11 is 6.05. The van der Waals surface area contributed by atoms with Gasteiger partial charge in [0.25, 0.3) is 0 Å². The summed E-state index contributed by atoms with van der Waals surface area (Å²) in [6, 6.07) is 16.5. The Kier molecular flexibility index (Phi) is 7.79. The molecule has 0 aliphatic carbocycles. The molecule has 4 nitrogen and oxygen atoms in total. The number of carbonyl (C=O) groups excluding carboxylic acids is 1. The normalized spacial score (nSPS) is 19.3. The number of carbonyl (C=O) groups is 1. The number of halogens is 1. The summed E-state index contributed by atoms with van der Waals surface area (Å²) in [7, 11) is 1.71. The lowest BCUT2D eigenvalue weighted by atomic mass is 9.88. The van der Waals surface area contributed by atoms with E-state index in [4.69, 9.17) is 16.3 Å². The number of hydrogen-bond acceptors (Lipinski definition) is 3. The van der Waals surface area contributed by atoms with Crippen molar-refractivity contribution in [1.29, 1.82) is 0 Å². The number of nitrogens with zero attached hydrogens (tertiary/aromatic N) is 2. The van der Waals surface area contributed by atoms with Crippen LogP contribution in [0.1, 0.15) is 37.8 Å². The molecular weight excluding hydrogens is 396 g/mol. The first-order chi connectivity index (χ1) is 14.4. The van der Waals surface area contributed by atoms with Crippen molar-refractivity contribution in [3.63, 3.8) is 0 Å². The minimum atomic E-state index is 0.157. The van der Waals surface area contributed by atoms with Gasteiger partial charge in [-0.05, 0) is 47.2 Å². The third-order valence-corrected chi connectivity index (χ3v) is 6.10. The van der Waals surface area contributed by atoms with Crippen molar-refractivity contribution in [2.45, 2.75) is 33.2 Å². The Morgan fingerprint density at radius 2 is 1.93 bits per heavy atom. The van der Waals surface area contributed by atoms with Gasteiger partial charge < -0.3 is 9.64 Å². The SMILES string of the molecule is COc1cccc([C@H]2CN(Cc3ccc(Cl)cc3)C[C@@H]2CN(CC(C)C)C(C)=O)c1. The Labute approximate surface area is 185 Å². The van der Waals surface area contributed by atoms with Crippen LogP contribution >= 0.6 is 11.6 Å². The molecule has 0 unspecified atom stereocenters. The Morgan fingerprint density at radius 3 is 2.57 bits per heavy atom. The average molecular weight is 429 g/mol. The minimum absolute atomic E-state index is 0.157. The maximum atomic E-state index is 12.3. The fourth-order valence-corrected chi connectivity index (χ4v) is 4.55. The second-order valence-electron chi connectivity index (χ2n) is 8.78. The van der Waals surface area contributed by atoms with Crippen LogP contribution in [-0.4, -0.2) is 49.0 Å². The molecule has 0 saturated carbocycles. The van der Waals surface area contributed by atoms with Crippen molar-refractivity contribution >= 4 is 17.5 Å². The summed E-state index contributed by atoms with van der Waals surface area (Å²) in [6.07, 6.45) is 0. The largest absolute Gasteiger partial charge is 0.497 e. The van der Waals surface area contributed by atoms with Gasteiger partial charge in [0.1, 0.15) is 5.75 Å². The zero-order valence-electron chi connectivity index (χ0n) is 18.5. The monoisotopic (exact) mass is 428 g/mol. The van der Waals surface area contributed by atoms with Crippen molar-refractivity contribution in [3.05, 3.63) is 64.7 Å². The van der Waals surface area contributed by atoms with Crippen LogP contribution in [0.25, 0.3) is 0 Å². The third-order valence-electron chi connectivity index (χ3n) is 5.84. The van der Waals surface area contributed by atoms with E-state index in [1.807, 2.05) is 23.1 Å². The van der Waals surface area contributed by atoms with E-state index in [-0.39, 0.29) is 5.91 Å². The van der Waals surface area contributed by atoms with Crippen molar-refractivity contribution < 1.29 is 9.53 Å². The first-order valence-electron chi connectivity index (χ1n) is 10.7. The first kappa shape index (κ1) is 22.6. The Morgan fingerprint density at radius 1 is 1.20 bits per heavy atom. The zero-order chi connectivity index (χ0) is 21.7. The van der Waals surface area contributed by atoms with Crippen LogP contribution in [0.2, 0.25) is 5.02 Å². The number of benzene rings is 2. The Hall–Kier alpha value is -2.04. The molecule has 1 aliphatic heterocycles. The molecule has 1 saturated heterocycles. The average Bonchev–Trinajstić information content (AvgIpc) is 3.11. The summed E-state index contributed by atoms with van der Waals surface area (Å²) in [5.41, 5.74) is 2.54. The first-order valence-corrected chi connectivity index (χ1v) is 11.1. The number of amides is 1. The maximum absolute atomic E-state index is 12.3. The molecule has 1 aliphatic rings. The van der Waals surface area contributed by atoms with E-state index >= 15 is 0 Å². The second kappa shape index (κ2) is 10.3. The van der Waals surface area contributed by atoms with Gasteiger partial charge >= 0.3 is 0 Å². The van der Waals surface area contributed by atoms with Gasteiger partial charge in [-0.2, -0.15) is 0 Å². The maximum Gasteiger partial charge on any atom is 0.219 e. The minimum Gasteiger partial charge on any atom is -0.497 e. The van der Waals surface area contributed by atoms with E-state index in [0.29, 0.717) is 17.8 Å². The van der Waals surface area contributed by atoms with Crippen LogP contribution in [0.5, 0.6) is 5.75 Å². The van der Waals surface area contributed by atoms with Gasteiger partial charge in [0, 0.05) is 50.6 Å². The van der Waals surface area contributed by atoms with Crippen molar-refractivity contribution in [3.8, 4) is 5.75 Å². The molecule has 162 valence electrons. The van der Waals surface area contributed by atoms with Crippen LogP contribution < -0.4 is 4.74 Å². The summed E-state index contributed by atoms with van der Waals surface area (Å²) in [5, 5.41) is 0.762. The molecule has 5 heteroatoms. The zero-order valence-corrected chi connectivity index (χ0v) is 19.2. The lowest BCUT2D eigenvalue weighted by molar-refractivity contribution is -0.130. The molecule has 1 fully saturated rings. The molecule has 0 radical (unpaired) electrons. The van der Waals surface area contributed by atoms with Crippen molar-refractivity contribution in [1.82, 2.24) is 9.80 Å². The van der Waals surface area contributed by atoms with Gasteiger partial charge in [-0.1, -0.05) is 49.7 Å². The van der Waals surface area contributed by atoms with Gasteiger partial charge in [-0.15, -0.1) is 0 Å². The van der Waals surface area contributed by atoms with Gasteiger partial charge in [0.2, 0.25) is 5.91 Å². The van der Waals surface area contributed by atoms with E-state index < -0.39 is 0 Å². The van der Waals surface area contributed by atoms with Crippen LogP contribution in [-0.2, 0) is 11.3 Å². The number of rotatable bonds is 8. The second-order valence-corrected chi connectivity index (χ2v) is 9.22. The molecule has 2 aromatic carbocycles. The highest BCUT2D eigenvalue weighted by molar-refractivity contribution is 6.30. The predicted octanol–water partition coefficient (Wildman–Crippen LogP) is 5.07. The highest BCUT2D eigenvalue weighted by atomic mass is 35.5. The third kappa shape index (κ3) is 5.99. The van der Waals surface area contributed by atoms with E-state index in [2.05, 4.69) is 49.1 Å². The fraction of sp³-hybridized carbons (Fsp3) is 0.480. The van der Waals surface area contributed by atoms with Crippen LogP contribution in [0.4, 0.5) is 0 Å². The molecule has 2 aromatic rings. The highest BCUT2D eigenvalue weighted by Gasteiger charge is 2.35. The molecule has 0 spiro atoms. The highest BCUT2D eigenvalue weighted by Crippen LogP contribution is 2.35. The molecule has 0 N–H and O–H groups in total. The van der Waals surface area contributed by atoms with E-state index in [1.165, 1.54) is 11.1 Å². The molecule has 0 bridgehead atoms. The number of hydrogen-bond donors (Lipinski definition) is 0. The molecule has 1 amide bonds. The lowest BCUT2D eigenvalue weighted by Crippen LogP contribution is -2.38. The van der Waals surface area contributed by atoms with E-state index in [0.717, 1.165) is 43.5 Å². The number of methoxy groups -OCH3 is 1. The molecule has 2 atom stereocenters. The van der Waals surface area contributed by atoms with Gasteiger partial charge in [-0.3, -0.25) is 9.69 Å².